The molecule has 0 amide bonds. The third kappa shape index (κ3) is 3.07. The van der Waals surface area contributed by atoms with E-state index in [9.17, 15) is 5.11 Å². The normalized spacial score (nSPS) is 14.1. The van der Waals surface area contributed by atoms with Crippen LogP contribution in [0.15, 0.2) is 12.3 Å². The summed E-state index contributed by atoms with van der Waals surface area (Å²) in [6, 6.07) is 1.85. The quantitative estimate of drug-likeness (QED) is 0.780. The van der Waals surface area contributed by atoms with Crippen LogP contribution in [0.1, 0.15) is 32.3 Å². The standard InChI is InChI=1S/C11H18N2O/c1-8-5-6-12-10(13-8)7-9(14)11(2,3)4/h5-6,9,14H,7H2,1-4H3. The Bertz CT molecular complexity index is 304. The Morgan fingerprint density at radius 1 is 1.43 bits per heavy atom. The molecule has 0 bridgehead atoms. The van der Waals surface area contributed by atoms with Gasteiger partial charge in [-0.1, -0.05) is 20.8 Å². The molecule has 0 spiro atoms. The van der Waals surface area contributed by atoms with Gasteiger partial charge >= 0.3 is 0 Å². The minimum absolute atomic E-state index is 0.118. The summed E-state index contributed by atoms with van der Waals surface area (Å²) in [5.41, 5.74) is 0.823. The smallest absolute Gasteiger partial charge is 0.131 e. The van der Waals surface area contributed by atoms with Crippen LogP contribution in [-0.2, 0) is 6.42 Å². The lowest BCUT2D eigenvalue weighted by Gasteiger charge is -2.25. The van der Waals surface area contributed by atoms with E-state index in [2.05, 4.69) is 9.97 Å². The van der Waals surface area contributed by atoms with E-state index in [0.29, 0.717) is 12.2 Å². The zero-order valence-corrected chi connectivity index (χ0v) is 9.28. The average molecular weight is 194 g/mol. The molecule has 1 heterocycles. The number of aliphatic hydroxyl groups excluding tert-OH is 1. The molecule has 1 atom stereocenters. The molecule has 1 rings (SSSR count). The highest BCUT2D eigenvalue weighted by Gasteiger charge is 2.23. The van der Waals surface area contributed by atoms with E-state index in [1.54, 1.807) is 6.20 Å². The van der Waals surface area contributed by atoms with E-state index < -0.39 is 6.10 Å². The van der Waals surface area contributed by atoms with E-state index in [4.69, 9.17) is 0 Å². The van der Waals surface area contributed by atoms with Crippen molar-refractivity contribution < 1.29 is 5.11 Å². The van der Waals surface area contributed by atoms with Crippen molar-refractivity contribution in [2.45, 2.75) is 40.2 Å². The summed E-state index contributed by atoms with van der Waals surface area (Å²) >= 11 is 0. The predicted molar refractivity (Wildman–Crippen MR) is 55.9 cm³/mol. The van der Waals surface area contributed by atoms with Gasteiger partial charge in [-0.25, -0.2) is 9.97 Å². The summed E-state index contributed by atoms with van der Waals surface area (Å²) in [6.07, 6.45) is 1.85. The summed E-state index contributed by atoms with van der Waals surface area (Å²) in [5, 5.41) is 9.85. The maximum absolute atomic E-state index is 9.85. The number of nitrogens with zero attached hydrogens (tertiary/aromatic N) is 2. The Morgan fingerprint density at radius 3 is 2.57 bits per heavy atom. The fraction of sp³-hybridized carbons (Fsp3) is 0.636. The molecule has 0 saturated heterocycles. The molecule has 1 unspecified atom stereocenters. The highest BCUT2D eigenvalue weighted by molar-refractivity contribution is 5.01. The van der Waals surface area contributed by atoms with Gasteiger partial charge in [-0.15, -0.1) is 0 Å². The highest BCUT2D eigenvalue weighted by atomic mass is 16.3. The van der Waals surface area contributed by atoms with Gasteiger partial charge in [0.05, 0.1) is 6.10 Å². The van der Waals surface area contributed by atoms with Crippen molar-refractivity contribution in [3.8, 4) is 0 Å². The van der Waals surface area contributed by atoms with Crippen LogP contribution in [0, 0.1) is 12.3 Å². The van der Waals surface area contributed by atoms with Gasteiger partial charge in [0, 0.05) is 18.3 Å². The minimum atomic E-state index is -0.399. The Labute approximate surface area is 85.2 Å². The summed E-state index contributed by atoms with van der Waals surface area (Å²) in [5.74, 6) is 0.715. The second-order valence-corrected chi connectivity index (χ2v) is 4.70. The summed E-state index contributed by atoms with van der Waals surface area (Å²) < 4.78 is 0. The van der Waals surface area contributed by atoms with Crippen molar-refractivity contribution in [2.75, 3.05) is 0 Å². The molecule has 14 heavy (non-hydrogen) atoms. The molecule has 1 N–H and O–H groups in total. The first-order chi connectivity index (χ1) is 6.39. The van der Waals surface area contributed by atoms with Crippen molar-refractivity contribution in [1.82, 2.24) is 9.97 Å². The van der Waals surface area contributed by atoms with Crippen molar-refractivity contribution in [1.29, 1.82) is 0 Å². The van der Waals surface area contributed by atoms with Crippen molar-refractivity contribution in [3.05, 3.63) is 23.8 Å². The van der Waals surface area contributed by atoms with Crippen LogP contribution in [0.2, 0.25) is 0 Å². The number of aliphatic hydroxyl groups is 1. The van der Waals surface area contributed by atoms with Gasteiger partial charge in [0.2, 0.25) is 0 Å². The average Bonchev–Trinajstić information content (AvgIpc) is 2.02. The van der Waals surface area contributed by atoms with Gasteiger partial charge in [0.15, 0.2) is 0 Å². The second-order valence-electron chi connectivity index (χ2n) is 4.70. The molecule has 78 valence electrons. The molecule has 0 aromatic carbocycles. The Morgan fingerprint density at radius 2 is 2.07 bits per heavy atom. The lowest BCUT2D eigenvalue weighted by molar-refractivity contribution is 0.0618. The van der Waals surface area contributed by atoms with Gasteiger partial charge in [0.1, 0.15) is 5.82 Å². The first-order valence-electron chi connectivity index (χ1n) is 4.86. The molecule has 0 aliphatic carbocycles. The van der Waals surface area contributed by atoms with Crippen LogP contribution in [0.25, 0.3) is 0 Å². The second kappa shape index (κ2) is 4.05. The van der Waals surface area contributed by atoms with Crippen molar-refractivity contribution in [3.63, 3.8) is 0 Å². The first kappa shape index (κ1) is 11.1. The molecular formula is C11H18N2O. The van der Waals surface area contributed by atoms with Crippen molar-refractivity contribution in [2.24, 2.45) is 5.41 Å². The van der Waals surface area contributed by atoms with E-state index in [1.807, 2.05) is 33.8 Å². The fourth-order valence-electron chi connectivity index (χ4n) is 1.08. The molecule has 0 aliphatic heterocycles. The molecule has 1 aromatic heterocycles. The highest BCUT2D eigenvalue weighted by Crippen LogP contribution is 2.21. The SMILES string of the molecule is Cc1ccnc(CC(O)C(C)(C)C)n1. The van der Waals surface area contributed by atoms with Gasteiger partial charge in [-0.3, -0.25) is 0 Å². The van der Waals surface area contributed by atoms with Crippen LogP contribution >= 0.6 is 0 Å². The third-order valence-corrected chi connectivity index (χ3v) is 2.22. The van der Waals surface area contributed by atoms with E-state index >= 15 is 0 Å². The number of hydrogen-bond donors (Lipinski definition) is 1. The molecule has 0 radical (unpaired) electrons. The Balaban J connectivity index is 2.70. The van der Waals surface area contributed by atoms with E-state index in [1.165, 1.54) is 0 Å². The summed E-state index contributed by atoms with van der Waals surface area (Å²) in [4.78, 5) is 8.38. The van der Waals surface area contributed by atoms with Crippen LogP contribution in [0.4, 0.5) is 0 Å². The monoisotopic (exact) mass is 194 g/mol. The number of rotatable bonds is 2. The van der Waals surface area contributed by atoms with Crippen LogP contribution < -0.4 is 0 Å². The Kier molecular flexibility index (Phi) is 3.21. The number of hydrogen-bond acceptors (Lipinski definition) is 3. The molecule has 1 aromatic rings. The van der Waals surface area contributed by atoms with Crippen molar-refractivity contribution >= 4 is 0 Å². The van der Waals surface area contributed by atoms with Gasteiger partial charge < -0.3 is 5.11 Å². The maximum atomic E-state index is 9.85. The van der Waals surface area contributed by atoms with Gasteiger partial charge in [-0.05, 0) is 18.4 Å². The molecule has 0 saturated carbocycles. The molecule has 3 heteroatoms. The molecule has 0 fully saturated rings. The summed E-state index contributed by atoms with van der Waals surface area (Å²) in [7, 11) is 0. The van der Waals surface area contributed by atoms with Crippen LogP contribution in [-0.4, -0.2) is 21.2 Å². The lowest BCUT2D eigenvalue weighted by Crippen LogP contribution is -2.28. The summed E-state index contributed by atoms with van der Waals surface area (Å²) in [6.45, 7) is 7.95. The molecule has 3 nitrogen and oxygen atoms in total. The topological polar surface area (TPSA) is 46.0 Å². The lowest BCUT2D eigenvalue weighted by atomic mass is 9.87. The van der Waals surface area contributed by atoms with Crippen LogP contribution in [0.5, 0.6) is 0 Å². The van der Waals surface area contributed by atoms with Crippen LogP contribution in [0.3, 0.4) is 0 Å². The number of aromatic nitrogens is 2. The minimum Gasteiger partial charge on any atom is -0.392 e. The zero-order valence-electron chi connectivity index (χ0n) is 9.28. The first-order valence-corrected chi connectivity index (χ1v) is 4.86. The molecular weight excluding hydrogens is 176 g/mol. The Hall–Kier alpha value is -0.960. The predicted octanol–water partition coefficient (Wildman–Crippen LogP) is 1.73. The fourth-order valence-corrected chi connectivity index (χ4v) is 1.08. The molecule has 0 aliphatic rings. The number of aryl methyl sites for hydroxylation is 1. The van der Waals surface area contributed by atoms with E-state index in [0.717, 1.165) is 5.69 Å². The third-order valence-electron chi connectivity index (χ3n) is 2.22. The maximum Gasteiger partial charge on any atom is 0.131 e. The zero-order chi connectivity index (χ0) is 10.8. The van der Waals surface area contributed by atoms with Gasteiger partial charge in [0.25, 0.3) is 0 Å². The van der Waals surface area contributed by atoms with E-state index in [-0.39, 0.29) is 5.41 Å². The van der Waals surface area contributed by atoms with Gasteiger partial charge in [-0.2, -0.15) is 0 Å². The largest absolute Gasteiger partial charge is 0.392 e.